The van der Waals surface area contributed by atoms with Crippen molar-refractivity contribution in [3.8, 4) is 11.5 Å². The number of phenols is 2. The van der Waals surface area contributed by atoms with E-state index in [9.17, 15) is 15.0 Å². The van der Waals surface area contributed by atoms with Gasteiger partial charge in [0.2, 0.25) is 0 Å². The predicted molar refractivity (Wildman–Crippen MR) is 146 cm³/mol. The van der Waals surface area contributed by atoms with Crippen molar-refractivity contribution in [1.82, 2.24) is 0 Å². The van der Waals surface area contributed by atoms with Gasteiger partial charge in [0.1, 0.15) is 11.5 Å². The Morgan fingerprint density at radius 3 is 1.40 bits per heavy atom. The maximum absolute atomic E-state index is 10.1. The van der Waals surface area contributed by atoms with Gasteiger partial charge in [-0.25, -0.2) is 4.79 Å². The van der Waals surface area contributed by atoms with Crippen LogP contribution in [-0.2, 0) is 9.47 Å². The van der Waals surface area contributed by atoms with Gasteiger partial charge < -0.3 is 19.7 Å². The second-order valence-corrected chi connectivity index (χ2v) is 6.33. The van der Waals surface area contributed by atoms with Crippen molar-refractivity contribution in [3.05, 3.63) is 95.6 Å². The number of hydrogen-bond acceptors (Lipinski definition) is 5. The van der Waals surface area contributed by atoms with Gasteiger partial charge in [0.05, 0.1) is 13.7 Å². The fourth-order valence-corrected chi connectivity index (χ4v) is 2.80. The van der Waals surface area contributed by atoms with Gasteiger partial charge >= 0.3 is 6.16 Å². The van der Waals surface area contributed by atoms with Crippen LogP contribution in [0.25, 0.3) is 0 Å². The molecular formula is C30H44O5. The van der Waals surface area contributed by atoms with Crippen LogP contribution in [0.15, 0.2) is 78.9 Å². The van der Waals surface area contributed by atoms with E-state index in [2.05, 4.69) is 21.6 Å². The van der Waals surface area contributed by atoms with Crippen LogP contribution >= 0.6 is 0 Å². The number of rotatable bonds is 5. The second-order valence-electron chi connectivity index (χ2n) is 6.33. The number of methoxy groups -OCH3 is 1. The lowest BCUT2D eigenvalue weighted by molar-refractivity contribution is 0.0728. The van der Waals surface area contributed by atoms with E-state index in [4.69, 9.17) is 0 Å². The summed E-state index contributed by atoms with van der Waals surface area (Å²) in [4.78, 5) is 10.1. The molecule has 0 aromatic heterocycles. The molecule has 0 saturated heterocycles. The third kappa shape index (κ3) is 13.7. The van der Waals surface area contributed by atoms with Crippen molar-refractivity contribution >= 4 is 6.16 Å². The molecule has 0 aliphatic heterocycles. The molecule has 0 saturated carbocycles. The molecule has 0 atom stereocenters. The Labute approximate surface area is 212 Å². The van der Waals surface area contributed by atoms with Crippen molar-refractivity contribution in [1.29, 1.82) is 0 Å². The highest BCUT2D eigenvalue weighted by Crippen LogP contribution is 2.33. The average Bonchev–Trinajstić information content (AvgIpc) is 2.94. The highest BCUT2D eigenvalue weighted by Gasteiger charge is 2.16. The number of ether oxygens (including phenoxy) is 2. The molecule has 0 radical (unpaired) electrons. The number of hydrogen-bond donors (Lipinski definition) is 2. The first-order valence-electron chi connectivity index (χ1n) is 12.4. The molecule has 3 aromatic rings. The fourth-order valence-electron chi connectivity index (χ4n) is 2.80. The third-order valence-electron chi connectivity index (χ3n) is 4.18. The largest absolute Gasteiger partial charge is 0.508 e. The summed E-state index contributed by atoms with van der Waals surface area (Å²) >= 11 is 0. The van der Waals surface area contributed by atoms with Crippen LogP contribution in [0.3, 0.4) is 0 Å². The number of aromatic hydroxyl groups is 2. The van der Waals surface area contributed by atoms with Gasteiger partial charge in [0.15, 0.2) is 0 Å². The summed E-state index contributed by atoms with van der Waals surface area (Å²) in [6, 6.07) is 24.7. The molecular weight excluding hydrogens is 440 g/mol. The molecule has 35 heavy (non-hydrogen) atoms. The first kappa shape index (κ1) is 33.7. The minimum Gasteiger partial charge on any atom is -0.508 e. The van der Waals surface area contributed by atoms with Gasteiger partial charge in [-0.1, -0.05) is 103 Å². The van der Waals surface area contributed by atoms with Gasteiger partial charge in [0.25, 0.3) is 0 Å². The van der Waals surface area contributed by atoms with E-state index in [0.717, 1.165) is 17.5 Å². The van der Waals surface area contributed by atoms with Gasteiger partial charge in [-0.3, -0.25) is 0 Å². The van der Waals surface area contributed by atoms with Crippen molar-refractivity contribution in [2.75, 3.05) is 13.7 Å². The van der Waals surface area contributed by atoms with Crippen LogP contribution in [0.2, 0.25) is 0 Å². The van der Waals surface area contributed by atoms with E-state index in [1.165, 1.54) is 12.7 Å². The van der Waals surface area contributed by atoms with Crippen molar-refractivity contribution in [2.45, 2.75) is 60.8 Å². The maximum atomic E-state index is 10.1. The van der Waals surface area contributed by atoms with Gasteiger partial charge in [-0.15, -0.1) is 0 Å². The summed E-state index contributed by atoms with van der Waals surface area (Å²) in [6.45, 7) is 14.4. The standard InChI is InChI=1S/C19H16O2.C5H10O3.3C2H6/c20-17-10-6-15(7-11-17)19(14-4-2-1-3-5-14)16-8-12-18(21)13-9-16;1-3-4-8-5(6)7-2;3*1-2/h1-13,19-21H;3-4H2,1-2H3;3*1-2H3. The molecule has 5 heteroatoms. The lowest BCUT2D eigenvalue weighted by Gasteiger charge is -2.19. The molecule has 0 bridgehead atoms. The molecule has 0 unspecified atom stereocenters. The summed E-state index contributed by atoms with van der Waals surface area (Å²) in [7, 11) is 1.29. The van der Waals surface area contributed by atoms with Crippen molar-refractivity contribution in [2.24, 2.45) is 0 Å². The Morgan fingerprint density at radius 1 is 0.686 bits per heavy atom. The van der Waals surface area contributed by atoms with Crippen LogP contribution in [0.4, 0.5) is 4.79 Å². The summed E-state index contributed by atoms with van der Waals surface area (Å²) in [5.74, 6) is 0.597. The van der Waals surface area contributed by atoms with E-state index in [1.54, 1.807) is 24.3 Å². The first-order chi connectivity index (χ1) is 17.0. The SMILES string of the molecule is CC.CC.CC.CCCOC(=O)OC.Oc1ccc(C(c2ccccc2)c2ccc(O)cc2)cc1. The quantitative estimate of drug-likeness (QED) is 0.280. The van der Waals surface area contributed by atoms with E-state index in [-0.39, 0.29) is 17.4 Å². The van der Waals surface area contributed by atoms with Crippen LogP contribution < -0.4 is 0 Å². The third-order valence-corrected chi connectivity index (χ3v) is 4.18. The Hall–Kier alpha value is -3.47. The Morgan fingerprint density at radius 2 is 1.06 bits per heavy atom. The minimum atomic E-state index is -0.605. The minimum absolute atomic E-state index is 0.0763. The predicted octanol–water partition coefficient (Wildman–Crippen LogP) is 8.54. The van der Waals surface area contributed by atoms with Crippen LogP contribution in [0.5, 0.6) is 11.5 Å². The Kier molecular flexibility index (Phi) is 21.5. The molecule has 3 aromatic carbocycles. The summed E-state index contributed by atoms with van der Waals surface area (Å²) in [5.41, 5.74) is 3.38. The highest BCUT2D eigenvalue weighted by molar-refractivity contribution is 5.59. The Bertz CT molecular complexity index is 814. The smallest absolute Gasteiger partial charge is 0.507 e. The number of phenolic OH excluding ortho intramolecular Hbond substituents is 2. The maximum Gasteiger partial charge on any atom is 0.507 e. The molecule has 0 aliphatic rings. The van der Waals surface area contributed by atoms with Crippen LogP contribution in [0.1, 0.15) is 77.5 Å². The normalized spacial score (nSPS) is 8.83. The molecule has 0 aliphatic carbocycles. The van der Waals surface area contributed by atoms with Crippen LogP contribution in [0, 0.1) is 0 Å². The fraction of sp³-hybridized carbons (Fsp3) is 0.367. The van der Waals surface area contributed by atoms with Gasteiger partial charge in [-0.2, -0.15) is 0 Å². The molecule has 3 rings (SSSR count). The molecule has 0 heterocycles. The molecule has 0 spiro atoms. The highest BCUT2D eigenvalue weighted by atomic mass is 16.7. The number of carbonyl (C=O) groups is 1. The van der Waals surface area contributed by atoms with Crippen LogP contribution in [-0.4, -0.2) is 30.1 Å². The summed E-state index contributed by atoms with van der Waals surface area (Å²) < 4.78 is 8.67. The molecule has 2 N–H and O–H groups in total. The average molecular weight is 485 g/mol. The van der Waals surface area contributed by atoms with E-state index in [1.807, 2.05) is 90.9 Å². The van der Waals surface area contributed by atoms with E-state index < -0.39 is 6.16 Å². The topological polar surface area (TPSA) is 76.0 Å². The van der Waals surface area contributed by atoms with Crippen molar-refractivity contribution in [3.63, 3.8) is 0 Å². The molecule has 0 fully saturated rings. The second kappa shape index (κ2) is 22.3. The van der Waals surface area contributed by atoms with Gasteiger partial charge in [0, 0.05) is 5.92 Å². The lowest BCUT2D eigenvalue weighted by atomic mass is 9.85. The number of benzene rings is 3. The lowest BCUT2D eigenvalue weighted by Crippen LogP contribution is -2.03. The number of carbonyl (C=O) groups excluding carboxylic acids is 1. The zero-order valence-electron chi connectivity index (χ0n) is 22.6. The molecule has 5 nitrogen and oxygen atoms in total. The van der Waals surface area contributed by atoms with Gasteiger partial charge in [-0.05, 0) is 47.4 Å². The monoisotopic (exact) mass is 484 g/mol. The molecule has 194 valence electrons. The zero-order chi connectivity index (χ0) is 27.1. The van der Waals surface area contributed by atoms with Crippen molar-refractivity contribution < 1.29 is 24.5 Å². The van der Waals surface area contributed by atoms with E-state index in [0.29, 0.717) is 6.61 Å². The zero-order valence-corrected chi connectivity index (χ0v) is 22.6. The molecule has 0 amide bonds. The summed E-state index contributed by atoms with van der Waals surface area (Å²) in [5, 5.41) is 19.0. The summed E-state index contributed by atoms with van der Waals surface area (Å²) in [6.07, 6.45) is 0.224. The first-order valence-corrected chi connectivity index (χ1v) is 12.4. The van der Waals surface area contributed by atoms with E-state index >= 15 is 0 Å². The Balaban J connectivity index is 0.